The fourth-order valence-corrected chi connectivity index (χ4v) is 7.20. The summed E-state index contributed by atoms with van der Waals surface area (Å²) in [5, 5.41) is 16.4. The predicted octanol–water partition coefficient (Wildman–Crippen LogP) is 6.13. The molecule has 0 radical (unpaired) electrons. The van der Waals surface area contributed by atoms with E-state index in [9.17, 15) is 14.4 Å². The smallest absolute Gasteiger partial charge is 0.264 e. The number of fused-ring (bicyclic) bond motifs is 2. The Morgan fingerprint density at radius 2 is 1.64 bits per heavy atom. The molecule has 47 heavy (non-hydrogen) atoms. The average molecular weight is 674 g/mol. The Labute approximate surface area is 281 Å². The molecule has 3 aliphatic heterocycles. The molecule has 3 heterocycles. The molecule has 13 heteroatoms. The minimum Gasteiger partial charge on any atom is -0.497 e. The number of carbonyl (C=O) groups is 3. The summed E-state index contributed by atoms with van der Waals surface area (Å²) < 4.78 is 10.7. The van der Waals surface area contributed by atoms with Gasteiger partial charge in [0.1, 0.15) is 18.0 Å². The third kappa shape index (κ3) is 5.53. The Balaban J connectivity index is 1.19. The first-order valence-corrected chi connectivity index (χ1v) is 15.9. The number of nitrogens with zero attached hydrogens (tertiary/aromatic N) is 6. The van der Waals surface area contributed by atoms with Gasteiger partial charge in [0.15, 0.2) is 12.1 Å². The zero-order chi connectivity index (χ0) is 32.8. The molecule has 4 aliphatic rings. The number of amides is 3. The van der Waals surface area contributed by atoms with Gasteiger partial charge in [0.25, 0.3) is 17.7 Å². The number of methoxy groups -OCH3 is 2. The van der Waals surface area contributed by atoms with Crippen molar-refractivity contribution >= 4 is 58.4 Å². The Kier molecular flexibility index (Phi) is 8.19. The molecule has 0 spiro atoms. The highest BCUT2D eigenvalue weighted by Crippen LogP contribution is 2.45. The van der Waals surface area contributed by atoms with Crippen molar-refractivity contribution in [3.05, 3.63) is 93.5 Å². The Morgan fingerprint density at radius 3 is 2.32 bits per heavy atom. The van der Waals surface area contributed by atoms with Gasteiger partial charge in [-0.2, -0.15) is 10.2 Å². The van der Waals surface area contributed by atoms with Gasteiger partial charge in [0, 0.05) is 10.9 Å². The number of anilines is 1. The molecule has 1 aliphatic carbocycles. The lowest BCUT2D eigenvalue weighted by atomic mass is 9.77. The van der Waals surface area contributed by atoms with Gasteiger partial charge in [-0.05, 0) is 84.5 Å². The SMILES string of the molecule is COc1ccc(/C=C2/CCC[C@@H]3C2=NN(C(=O)CN2N=N[C@@H]4C(=O)N(c5ccc(Cl)cc5Cl)C(=O)[C@@H]42)[C@H]3c2ccc(OC)cc2)cc1. The molecule has 1 saturated heterocycles. The molecule has 7 rings (SSSR count). The zero-order valence-corrected chi connectivity index (χ0v) is 27.1. The molecule has 0 aromatic heterocycles. The molecule has 0 N–H and O–H groups in total. The number of hydrogen-bond acceptors (Lipinski definition) is 9. The van der Waals surface area contributed by atoms with Gasteiger partial charge in [-0.15, -0.1) is 0 Å². The van der Waals surface area contributed by atoms with Crippen LogP contribution in [0.1, 0.15) is 36.4 Å². The van der Waals surface area contributed by atoms with Crippen LogP contribution in [-0.2, 0) is 14.4 Å². The fraction of sp³-hybridized carbons (Fsp3) is 0.294. The minimum absolute atomic E-state index is 0.0456. The molecule has 3 aromatic rings. The van der Waals surface area contributed by atoms with Crippen molar-refractivity contribution in [2.75, 3.05) is 25.7 Å². The molecule has 3 amide bonds. The first-order valence-electron chi connectivity index (χ1n) is 15.2. The topological polar surface area (TPSA) is 116 Å². The second-order valence-corrected chi connectivity index (χ2v) is 12.5. The molecular weight excluding hydrogens is 643 g/mol. The largest absolute Gasteiger partial charge is 0.497 e. The summed E-state index contributed by atoms with van der Waals surface area (Å²) in [5.74, 6) is -0.0890. The Bertz CT molecular complexity index is 1840. The number of halogens is 2. The second kappa shape index (κ2) is 12.5. The van der Waals surface area contributed by atoms with E-state index in [1.54, 1.807) is 20.3 Å². The van der Waals surface area contributed by atoms with Crippen LogP contribution >= 0.6 is 23.2 Å². The van der Waals surface area contributed by atoms with Crippen LogP contribution in [-0.4, -0.2) is 66.3 Å². The number of hydrazone groups is 1. The lowest BCUT2D eigenvalue weighted by Gasteiger charge is -2.30. The molecule has 4 atom stereocenters. The molecule has 0 unspecified atom stereocenters. The molecule has 240 valence electrons. The van der Waals surface area contributed by atoms with Crippen LogP contribution in [0.3, 0.4) is 0 Å². The van der Waals surface area contributed by atoms with E-state index in [1.807, 2.05) is 48.5 Å². The van der Waals surface area contributed by atoms with Crippen LogP contribution in [0.25, 0.3) is 6.08 Å². The van der Waals surface area contributed by atoms with Crippen LogP contribution in [0, 0.1) is 5.92 Å². The molecule has 1 saturated carbocycles. The van der Waals surface area contributed by atoms with Crippen LogP contribution in [0.4, 0.5) is 5.69 Å². The van der Waals surface area contributed by atoms with Gasteiger partial charge in [0.2, 0.25) is 0 Å². The maximum atomic E-state index is 14.2. The minimum atomic E-state index is -1.09. The molecule has 0 bridgehead atoms. The summed E-state index contributed by atoms with van der Waals surface area (Å²) in [5.41, 5.74) is 4.04. The first kappa shape index (κ1) is 30.9. The fourth-order valence-electron chi connectivity index (χ4n) is 6.71. The number of allylic oxidation sites excluding steroid dienone is 1. The number of carbonyl (C=O) groups excluding carboxylic acids is 3. The quantitative estimate of drug-likeness (QED) is 0.279. The van der Waals surface area contributed by atoms with E-state index in [-0.39, 0.29) is 35.1 Å². The van der Waals surface area contributed by atoms with E-state index >= 15 is 0 Å². The van der Waals surface area contributed by atoms with E-state index in [2.05, 4.69) is 16.4 Å². The van der Waals surface area contributed by atoms with Gasteiger partial charge in [-0.25, -0.2) is 9.91 Å². The van der Waals surface area contributed by atoms with E-state index in [1.165, 1.54) is 22.2 Å². The van der Waals surface area contributed by atoms with Crippen LogP contribution < -0.4 is 14.4 Å². The Hall–Kier alpha value is -4.74. The second-order valence-electron chi connectivity index (χ2n) is 11.7. The predicted molar refractivity (Wildman–Crippen MR) is 176 cm³/mol. The van der Waals surface area contributed by atoms with E-state index in [0.717, 1.165) is 52.3 Å². The standard InChI is InChI=1S/C34H30Cl2N6O5/c1-46-23-11-6-19(7-12-23)16-21-4-3-5-25-29(21)38-42(31(25)20-8-13-24(47-2)14-9-20)28(43)18-40-32-30(37-39-40)33(44)41(34(32)45)27-15-10-22(35)17-26(27)36/h6-17,25,30-32H,3-5,18H2,1-2H3/b21-16-/t25-,30+,31+,32-/m1/s1. The van der Waals surface area contributed by atoms with Gasteiger partial charge < -0.3 is 9.47 Å². The van der Waals surface area contributed by atoms with Crippen LogP contribution in [0.5, 0.6) is 11.5 Å². The van der Waals surface area contributed by atoms with Crippen LogP contribution in [0.15, 0.2) is 87.7 Å². The Morgan fingerprint density at radius 1 is 0.936 bits per heavy atom. The van der Waals surface area contributed by atoms with Gasteiger partial charge in [-0.3, -0.25) is 19.4 Å². The summed E-state index contributed by atoms with van der Waals surface area (Å²) >= 11 is 12.4. The summed E-state index contributed by atoms with van der Waals surface area (Å²) in [6.07, 6.45) is 4.71. The number of benzene rings is 3. The lowest BCUT2D eigenvalue weighted by molar-refractivity contribution is -0.136. The van der Waals surface area contributed by atoms with Crippen molar-refractivity contribution in [3.8, 4) is 11.5 Å². The van der Waals surface area contributed by atoms with Crippen molar-refractivity contribution < 1.29 is 23.9 Å². The maximum Gasteiger partial charge on any atom is 0.264 e. The normalized spacial score (nSPS) is 24.1. The summed E-state index contributed by atoms with van der Waals surface area (Å²) in [6, 6.07) is 17.4. The molecule has 11 nitrogen and oxygen atoms in total. The van der Waals surface area contributed by atoms with Crippen molar-refractivity contribution in [1.29, 1.82) is 0 Å². The molecule has 3 aromatic carbocycles. The van der Waals surface area contributed by atoms with E-state index in [4.69, 9.17) is 37.8 Å². The number of imide groups is 1. The van der Waals surface area contributed by atoms with E-state index in [0.29, 0.717) is 10.8 Å². The van der Waals surface area contributed by atoms with Crippen molar-refractivity contribution in [2.45, 2.75) is 37.4 Å². The zero-order valence-electron chi connectivity index (χ0n) is 25.5. The number of hydrogen-bond donors (Lipinski definition) is 0. The van der Waals surface area contributed by atoms with Crippen LogP contribution in [0.2, 0.25) is 10.0 Å². The average Bonchev–Trinajstić information content (AvgIpc) is 3.75. The lowest BCUT2D eigenvalue weighted by Crippen LogP contribution is -2.45. The highest BCUT2D eigenvalue weighted by Gasteiger charge is 2.56. The molecule has 2 fully saturated rings. The highest BCUT2D eigenvalue weighted by molar-refractivity contribution is 6.38. The summed E-state index contributed by atoms with van der Waals surface area (Å²) in [6.45, 7) is -0.306. The van der Waals surface area contributed by atoms with Gasteiger partial charge in [0.05, 0.1) is 36.7 Å². The number of rotatable bonds is 7. The van der Waals surface area contributed by atoms with E-state index < -0.39 is 23.9 Å². The molecular formula is C34H30Cl2N6O5. The van der Waals surface area contributed by atoms with Crippen molar-refractivity contribution in [2.24, 2.45) is 21.4 Å². The third-order valence-corrected chi connectivity index (χ3v) is 9.51. The monoisotopic (exact) mass is 672 g/mol. The highest BCUT2D eigenvalue weighted by atomic mass is 35.5. The van der Waals surface area contributed by atoms with Crippen molar-refractivity contribution in [1.82, 2.24) is 10.0 Å². The maximum absolute atomic E-state index is 14.2. The summed E-state index contributed by atoms with van der Waals surface area (Å²) in [4.78, 5) is 42.1. The summed E-state index contributed by atoms with van der Waals surface area (Å²) in [7, 11) is 3.24. The van der Waals surface area contributed by atoms with Gasteiger partial charge >= 0.3 is 0 Å². The third-order valence-electron chi connectivity index (χ3n) is 8.98. The van der Waals surface area contributed by atoms with Crippen molar-refractivity contribution in [3.63, 3.8) is 0 Å². The first-order chi connectivity index (χ1) is 22.8. The van der Waals surface area contributed by atoms with Gasteiger partial charge in [-0.1, -0.05) is 52.7 Å². The number of ether oxygens (including phenoxy) is 2.